The highest BCUT2D eigenvalue weighted by Gasteiger charge is 2.26. The Kier molecular flexibility index (Phi) is 6.23. The second-order valence-electron chi connectivity index (χ2n) is 7.74. The van der Waals surface area contributed by atoms with E-state index in [1.165, 1.54) is 17.3 Å². The summed E-state index contributed by atoms with van der Waals surface area (Å²) in [5.41, 5.74) is 5.24. The van der Waals surface area contributed by atoms with E-state index in [9.17, 15) is 4.79 Å². The minimum absolute atomic E-state index is 0.0784. The molecule has 0 radical (unpaired) electrons. The molecule has 4 aromatic rings. The number of anilines is 1. The summed E-state index contributed by atoms with van der Waals surface area (Å²) < 4.78 is 2.03. The van der Waals surface area contributed by atoms with E-state index in [0.717, 1.165) is 44.9 Å². The van der Waals surface area contributed by atoms with E-state index in [4.69, 9.17) is 11.6 Å². The van der Waals surface area contributed by atoms with Gasteiger partial charge in [-0.25, -0.2) is 4.98 Å². The number of aryl methyl sites for hydroxylation is 1. The quantitative estimate of drug-likeness (QED) is 0.319. The predicted octanol–water partition coefficient (Wildman–Crippen LogP) is 5.73. The summed E-state index contributed by atoms with van der Waals surface area (Å²) in [5, 5.41) is 13.3. The highest BCUT2D eigenvalue weighted by molar-refractivity contribution is 7.99. The number of hydrogen-bond acceptors (Lipinski definition) is 6. The highest BCUT2D eigenvalue weighted by Crippen LogP contribution is 2.34. The number of thiazole rings is 1. The van der Waals surface area contributed by atoms with Crippen LogP contribution in [0.2, 0.25) is 5.02 Å². The lowest BCUT2D eigenvalue weighted by molar-refractivity contribution is -0.116. The van der Waals surface area contributed by atoms with Crippen LogP contribution in [-0.4, -0.2) is 38.0 Å². The van der Waals surface area contributed by atoms with E-state index in [2.05, 4.69) is 32.7 Å². The zero-order valence-corrected chi connectivity index (χ0v) is 20.7. The second-order valence-corrected chi connectivity index (χ2v) is 10.2. The molecule has 168 valence electrons. The fourth-order valence-corrected chi connectivity index (χ4v) is 5.64. The van der Waals surface area contributed by atoms with Gasteiger partial charge >= 0.3 is 0 Å². The summed E-state index contributed by atoms with van der Waals surface area (Å²) in [7, 11) is 0. The molecule has 3 heterocycles. The number of carbonyl (C=O) groups is 1. The van der Waals surface area contributed by atoms with Gasteiger partial charge in [-0.1, -0.05) is 29.4 Å². The van der Waals surface area contributed by atoms with Gasteiger partial charge < -0.3 is 9.47 Å². The van der Waals surface area contributed by atoms with Crippen molar-refractivity contribution in [3.8, 4) is 22.6 Å². The molecule has 0 N–H and O–H groups in total. The Morgan fingerprint density at radius 2 is 1.94 bits per heavy atom. The van der Waals surface area contributed by atoms with Crippen LogP contribution in [0.4, 0.5) is 5.69 Å². The maximum Gasteiger partial charge on any atom is 0.237 e. The standard InChI is InChI=1S/C24H22ClN5OS2/c1-3-29-23(16-4-7-19(25)8-5-16)27-28-24(29)33-14-22(31)30-11-10-18-12-17(6-9-21(18)30)20-13-32-15(2)26-20/h4-9,12-13H,3,10-11,14H2,1-2H3. The normalized spacial score (nSPS) is 12.9. The third-order valence-electron chi connectivity index (χ3n) is 5.65. The van der Waals surface area contributed by atoms with Gasteiger partial charge in [0.25, 0.3) is 0 Å². The first-order valence-corrected chi connectivity index (χ1v) is 13.0. The van der Waals surface area contributed by atoms with Crippen molar-refractivity contribution < 1.29 is 4.79 Å². The number of nitrogens with zero attached hydrogens (tertiary/aromatic N) is 5. The number of hydrogen-bond donors (Lipinski definition) is 0. The lowest BCUT2D eigenvalue weighted by atomic mass is 10.1. The maximum absolute atomic E-state index is 13.1. The Morgan fingerprint density at radius 3 is 2.67 bits per heavy atom. The van der Waals surface area contributed by atoms with Gasteiger partial charge in [0.05, 0.1) is 16.5 Å². The average molecular weight is 496 g/mol. The number of halogens is 1. The molecule has 0 saturated carbocycles. The first-order chi connectivity index (χ1) is 16.0. The minimum Gasteiger partial charge on any atom is -0.311 e. The molecule has 0 fully saturated rings. The molecule has 1 amide bonds. The number of rotatable bonds is 6. The third kappa shape index (κ3) is 4.43. The molecule has 1 aliphatic heterocycles. The van der Waals surface area contributed by atoms with Gasteiger partial charge in [0.15, 0.2) is 11.0 Å². The van der Waals surface area contributed by atoms with Gasteiger partial charge in [0, 0.05) is 40.3 Å². The summed E-state index contributed by atoms with van der Waals surface area (Å²) in [6.07, 6.45) is 0.856. The van der Waals surface area contributed by atoms with Crippen molar-refractivity contribution >= 4 is 46.3 Å². The van der Waals surface area contributed by atoms with E-state index < -0.39 is 0 Å². The molecule has 6 nitrogen and oxygen atoms in total. The van der Waals surface area contributed by atoms with Crippen LogP contribution < -0.4 is 4.90 Å². The van der Waals surface area contributed by atoms with Crippen molar-refractivity contribution in [3.05, 3.63) is 63.4 Å². The molecule has 2 aromatic carbocycles. The summed E-state index contributed by atoms with van der Waals surface area (Å²) in [6, 6.07) is 13.8. The molecule has 1 aliphatic rings. The van der Waals surface area contributed by atoms with Crippen LogP contribution in [-0.2, 0) is 17.8 Å². The van der Waals surface area contributed by atoms with Gasteiger partial charge in [-0.3, -0.25) is 4.79 Å². The molecular formula is C24H22ClN5OS2. The zero-order valence-electron chi connectivity index (χ0n) is 18.3. The molecule has 0 unspecified atom stereocenters. The lowest BCUT2D eigenvalue weighted by Gasteiger charge is -2.17. The van der Waals surface area contributed by atoms with E-state index in [-0.39, 0.29) is 5.91 Å². The Hall–Kier alpha value is -2.68. The fraction of sp³-hybridized carbons (Fsp3) is 0.250. The Balaban J connectivity index is 1.29. The van der Waals surface area contributed by atoms with E-state index in [1.807, 2.05) is 53.6 Å². The molecule has 9 heteroatoms. The first kappa shape index (κ1) is 22.1. The van der Waals surface area contributed by atoms with Crippen molar-refractivity contribution in [1.29, 1.82) is 0 Å². The second kappa shape index (κ2) is 9.29. The predicted molar refractivity (Wildman–Crippen MR) is 135 cm³/mol. The van der Waals surface area contributed by atoms with Gasteiger partial charge in [-0.2, -0.15) is 0 Å². The molecule has 0 aliphatic carbocycles. The van der Waals surface area contributed by atoms with Crippen LogP contribution in [0.3, 0.4) is 0 Å². The molecule has 2 aromatic heterocycles. The first-order valence-electron chi connectivity index (χ1n) is 10.7. The third-order valence-corrected chi connectivity index (χ3v) is 7.63. The highest BCUT2D eigenvalue weighted by atomic mass is 35.5. The zero-order chi connectivity index (χ0) is 22.9. The number of benzene rings is 2. The molecule has 0 atom stereocenters. The molecular weight excluding hydrogens is 474 g/mol. The van der Waals surface area contributed by atoms with Crippen molar-refractivity contribution in [1.82, 2.24) is 19.7 Å². The summed E-state index contributed by atoms with van der Waals surface area (Å²) in [4.78, 5) is 19.5. The van der Waals surface area contributed by atoms with Crippen LogP contribution in [0.1, 0.15) is 17.5 Å². The molecule has 0 spiro atoms. The smallest absolute Gasteiger partial charge is 0.237 e. The number of aromatic nitrogens is 4. The van der Waals surface area contributed by atoms with Crippen molar-refractivity contribution in [2.45, 2.75) is 32.0 Å². The summed E-state index contributed by atoms with van der Waals surface area (Å²) in [5.74, 6) is 1.17. The summed E-state index contributed by atoms with van der Waals surface area (Å²) in [6.45, 7) is 5.47. The van der Waals surface area contributed by atoms with Crippen molar-refractivity contribution in [3.63, 3.8) is 0 Å². The maximum atomic E-state index is 13.1. The van der Waals surface area contributed by atoms with E-state index >= 15 is 0 Å². The van der Waals surface area contributed by atoms with Gasteiger partial charge in [0.2, 0.25) is 5.91 Å². The Morgan fingerprint density at radius 1 is 1.15 bits per heavy atom. The minimum atomic E-state index is 0.0784. The Bertz CT molecular complexity index is 1310. The van der Waals surface area contributed by atoms with E-state index in [0.29, 0.717) is 23.9 Å². The van der Waals surface area contributed by atoms with Gasteiger partial charge in [-0.05, 0) is 62.2 Å². The molecule has 33 heavy (non-hydrogen) atoms. The lowest BCUT2D eigenvalue weighted by Crippen LogP contribution is -2.30. The number of fused-ring (bicyclic) bond motifs is 1. The van der Waals surface area contributed by atoms with Crippen molar-refractivity contribution in [2.24, 2.45) is 0 Å². The van der Waals surface area contributed by atoms with Crippen LogP contribution >= 0.6 is 34.7 Å². The van der Waals surface area contributed by atoms with Gasteiger partial charge in [-0.15, -0.1) is 21.5 Å². The largest absolute Gasteiger partial charge is 0.311 e. The number of thioether (sulfide) groups is 1. The number of amides is 1. The molecule has 0 bridgehead atoms. The van der Waals surface area contributed by atoms with Crippen LogP contribution in [0.15, 0.2) is 53.0 Å². The van der Waals surface area contributed by atoms with Gasteiger partial charge in [0.1, 0.15) is 0 Å². The fourth-order valence-electron chi connectivity index (χ4n) is 4.01. The van der Waals surface area contributed by atoms with Crippen molar-refractivity contribution in [2.75, 3.05) is 17.2 Å². The average Bonchev–Trinajstić information content (AvgIpc) is 3.55. The van der Waals surface area contributed by atoms with Crippen LogP contribution in [0.5, 0.6) is 0 Å². The van der Waals surface area contributed by atoms with E-state index in [1.54, 1.807) is 11.3 Å². The molecule has 0 saturated heterocycles. The number of carbonyl (C=O) groups excluding carboxylic acids is 1. The SMILES string of the molecule is CCn1c(SCC(=O)N2CCc3cc(-c4csc(C)n4)ccc32)nnc1-c1ccc(Cl)cc1. The monoisotopic (exact) mass is 495 g/mol. The van der Waals surface area contributed by atoms with Crippen LogP contribution in [0, 0.1) is 6.92 Å². The summed E-state index contributed by atoms with van der Waals surface area (Å²) >= 11 is 9.08. The molecule has 5 rings (SSSR count). The topological polar surface area (TPSA) is 63.9 Å². The Labute approximate surface area is 205 Å². The van der Waals surface area contributed by atoms with Crippen LogP contribution in [0.25, 0.3) is 22.6 Å².